The molecule has 0 aromatic carbocycles. The molecule has 0 saturated carbocycles. The highest BCUT2D eigenvalue weighted by atomic mass is 16.4. The predicted molar refractivity (Wildman–Crippen MR) is 129 cm³/mol. The molecule has 0 atom stereocenters. The number of H-pyrrole nitrogens is 1. The average molecular weight is 492 g/mol. The molecule has 0 radical (unpaired) electrons. The molecule has 0 spiro atoms. The molecule has 4 aromatic heterocycles. The molecule has 0 bridgehead atoms. The number of hydrogen-bond acceptors (Lipinski definition) is 7. The van der Waals surface area contributed by atoms with Gasteiger partial charge >= 0.3 is 0 Å². The Balaban J connectivity index is 0.000000967. The maximum atomic E-state index is 12.9. The zero-order valence-corrected chi connectivity index (χ0v) is 19.5. The van der Waals surface area contributed by atoms with Crippen LogP contribution in [0, 0.1) is 0 Å². The Kier molecular flexibility index (Phi) is 7.54. The van der Waals surface area contributed by atoms with Gasteiger partial charge in [0.25, 0.3) is 12.4 Å². The van der Waals surface area contributed by atoms with Gasteiger partial charge < -0.3 is 19.7 Å². The Morgan fingerprint density at radius 2 is 2.08 bits per heavy atom. The fraction of sp³-hybridized carbons (Fsp3) is 0.250. The highest BCUT2D eigenvalue weighted by molar-refractivity contribution is 6.04. The number of anilines is 1. The Bertz CT molecular complexity index is 1310. The van der Waals surface area contributed by atoms with Crippen LogP contribution in [-0.4, -0.2) is 66.3 Å². The van der Waals surface area contributed by atoms with Crippen LogP contribution in [0.1, 0.15) is 36.4 Å². The highest BCUT2D eigenvalue weighted by Gasteiger charge is 2.33. The smallest absolute Gasteiger partial charge is 0.291 e. The number of nitrogens with one attached hydrogen (secondary N) is 2. The molecule has 1 aliphatic rings. The maximum absolute atomic E-state index is 12.9. The number of nitrogens with zero attached hydrogens (tertiary/aromatic N) is 5. The van der Waals surface area contributed by atoms with Crippen LogP contribution in [0.5, 0.6) is 0 Å². The lowest BCUT2D eigenvalue weighted by molar-refractivity contribution is -0.137. The van der Waals surface area contributed by atoms with Gasteiger partial charge in [-0.05, 0) is 30.7 Å². The summed E-state index contributed by atoms with van der Waals surface area (Å²) in [5.74, 6) is 0.479. The van der Waals surface area contributed by atoms with Gasteiger partial charge in [0.2, 0.25) is 5.91 Å². The zero-order valence-electron chi connectivity index (χ0n) is 19.5. The summed E-state index contributed by atoms with van der Waals surface area (Å²) >= 11 is 0. The van der Waals surface area contributed by atoms with E-state index in [-0.39, 0.29) is 24.2 Å². The van der Waals surface area contributed by atoms with Gasteiger partial charge in [0.1, 0.15) is 11.5 Å². The number of aromatic nitrogens is 5. The molecular formula is C24H25N7O5. The van der Waals surface area contributed by atoms with E-state index in [2.05, 4.69) is 20.5 Å². The second kappa shape index (κ2) is 11.1. The molecule has 1 aliphatic heterocycles. The molecule has 2 amide bonds. The van der Waals surface area contributed by atoms with Crippen LogP contribution in [0.2, 0.25) is 0 Å². The number of aromatic amines is 1. The molecule has 5 heterocycles. The Labute approximate surface area is 205 Å². The van der Waals surface area contributed by atoms with Crippen molar-refractivity contribution in [1.82, 2.24) is 29.9 Å². The summed E-state index contributed by atoms with van der Waals surface area (Å²) in [6.45, 7) is 2.94. The lowest BCUT2D eigenvalue weighted by Crippen LogP contribution is -2.50. The van der Waals surface area contributed by atoms with E-state index in [0.29, 0.717) is 42.3 Å². The second-order valence-electron chi connectivity index (χ2n) is 8.00. The molecule has 12 nitrogen and oxygen atoms in total. The minimum Gasteiger partial charge on any atom is -0.483 e. The van der Waals surface area contributed by atoms with Gasteiger partial charge in [0, 0.05) is 38.1 Å². The average Bonchev–Trinajstić information content (AvgIpc) is 3.60. The van der Waals surface area contributed by atoms with Crippen molar-refractivity contribution in [2.75, 3.05) is 18.4 Å². The SMILES string of the molecule is CCCC(=O)N1CC(n2cc(NC(=O)c3ccc(-c4cn[nH]c4)o3)c(-c3ccccn3)n2)C1.O=CO. The van der Waals surface area contributed by atoms with E-state index in [0.717, 1.165) is 12.0 Å². The van der Waals surface area contributed by atoms with E-state index in [1.54, 1.807) is 41.6 Å². The number of carbonyl (C=O) groups excluding carboxylic acids is 2. The monoisotopic (exact) mass is 491 g/mol. The first-order valence-corrected chi connectivity index (χ1v) is 11.3. The molecule has 0 aliphatic carbocycles. The van der Waals surface area contributed by atoms with E-state index in [9.17, 15) is 9.59 Å². The van der Waals surface area contributed by atoms with Gasteiger partial charge in [0.15, 0.2) is 5.76 Å². The van der Waals surface area contributed by atoms with Crippen molar-refractivity contribution < 1.29 is 23.9 Å². The summed E-state index contributed by atoms with van der Waals surface area (Å²) in [6, 6.07) is 8.91. The first kappa shape index (κ1) is 24.4. The molecule has 4 aromatic rings. The molecule has 1 saturated heterocycles. The minimum atomic E-state index is -0.394. The third-order valence-corrected chi connectivity index (χ3v) is 5.55. The summed E-state index contributed by atoms with van der Waals surface area (Å²) in [5, 5.41) is 21.1. The van der Waals surface area contributed by atoms with Gasteiger partial charge in [-0.15, -0.1) is 0 Å². The lowest BCUT2D eigenvalue weighted by atomic mass is 10.1. The first-order valence-electron chi connectivity index (χ1n) is 11.3. The summed E-state index contributed by atoms with van der Waals surface area (Å²) in [7, 11) is 0. The van der Waals surface area contributed by atoms with Crippen molar-refractivity contribution in [2.24, 2.45) is 0 Å². The van der Waals surface area contributed by atoms with E-state index < -0.39 is 5.91 Å². The summed E-state index contributed by atoms with van der Waals surface area (Å²) in [4.78, 5) is 39.6. The Hall–Kier alpha value is -4.74. The molecule has 0 unspecified atom stereocenters. The first-order chi connectivity index (χ1) is 17.5. The molecule has 36 heavy (non-hydrogen) atoms. The number of furan rings is 1. The van der Waals surface area contributed by atoms with Crippen LogP contribution in [0.25, 0.3) is 22.7 Å². The van der Waals surface area contributed by atoms with E-state index in [4.69, 9.17) is 19.4 Å². The second-order valence-corrected chi connectivity index (χ2v) is 8.00. The van der Waals surface area contributed by atoms with Crippen molar-refractivity contribution in [1.29, 1.82) is 0 Å². The topological polar surface area (TPSA) is 159 Å². The number of hydrogen-bond donors (Lipinski definition) is 3. The van der Waals surface area contributed by atoms with Crippen LogP contribution in [0.15, 0.2) is 59.5 Å². The Morgan fingerprint density at radius 3 is 2.75 bits per heavy atom. The van der Waals surface area contributed by atoms with E-state index in [1.165, 1.54) is 0 Å². The van der Waals surface area contributed by atoms with Crippen LogP contribution in [0.3, 0.4) is 0 Å². The van der Waals surface area contributed by atoms with Crippen molar-refractivity contribution in [3.63, 3.8) is 0 Å². The van der Waals surface area contributed by atoms with Gasteiger partial charge in [-0.25, -0.2) is 0 Å². The fourth-order valence-corrected chi connectivity index (χ4v) is 3.75. The Morgan fingerprint density at radius 1 is 1.28 bits per heavy atom. The van der Waals surface area contributed by atoms with Gasteiger partial charge in [-0.2, -0.15) is 10.2 Å². The van der Waals surface area contributed by atoms with Crippen LogP contribution in [-0.2, 0) is 9.59 Å². The van der Waals surface area contributed by atoms with Crippen molar-refractivity contribution in [3.05, 3.63) is 60.9 Å². The van der Waals surface area contributed by atoms with E-state index in [1.807, 2.05) is 30.0 Å². The standard InChI is InChI=1S/C23H23N7O3.CH2O2/c1-2-5-21(31)29-12-16(13-29)30-14-18(22(28-30)17-6-3-4-9-24-17)27-23(32)20-8-7-19(33-20)15-10-25-26-11-15;2-1-3/h3-4,6-11,14,16H,2,5,12-13H2,1H3,(H,25,26)(H,27,32);1H,(H,2,3). The maximum Gasteiger partial charge on any atom is 0.291 e. The molecule has 1 fully saturated rings. The van der Waals surface area contributed by atoms with Crippen LogP contribution < -0.4 is 5.32 Å². The van der Waals surface area contributed by atoms with Crippen molar-refractivity contribution in [3.8, 4) is 22.7 Å². The summed E-state index contributed by atoms with van der Waals surface area (Å²) < 4.78 is 7.50. The van der Waals surface area contributed by atoms with Gasteiger partial charge in [-0.3, -0.25) is 29.1 Å². The molecule has 186 valence electrons. The van der Waals surface area contributed by atoms with Crippen molar-refractivity contribution in [2.45, 2.75) is 25.8 Å². The molecular weight excluding hydrogens is 466 g/mol. The number of pyridine rings is 1. The lowest BCUT2D eigenvalue weighted by Gasteiger charge is -2.39. The van der Waals surface area contributed by atoms with E-state index >= 15 is 0 Å². The predicted octanol–water partition coefficient (Wildman–Crippen LogP) is 3.06. The number of carboxylic acid groups (broad SMARTS) is 1. The number of likely N-dealkylation sites (tertiary alicyclic amines) is 1. The fourth-order valence-electron chi connectivity index (χ4n) is 3.75. The highest BCUT2D eigenvalue weighted by Crippen LogP contribution is 2.30. The minimum absolute atomic E-state index is 0.0511. The zero-order chi connectivity index (χ0) is 25.5. The van der Waals surface area contributed by atoms with Gasteiger partial charge in [0.05, 0.1) is 29.2 Å². The summed E-state index contributed by atoms with van der Waals surface area (Å²) in [6.07, 6.45) is 8.16. The molecule has 12 heteroatoms. The largest absolute Gasteiger partial charge is 0.483 e. The number of carbonyl (C=O) groups is 3. The van der Waals surface area contributed by atoms with Crippen LogP contribution >= 0.6 is 0 Å². The van der Waals surface area contributed by atoms with Crippen molar-refractivity contribution >= 4 is 24.0 Å². The number of amides is 2. The van der Waals surface area contributed by atoms with Gasteiger partial charge in [-0.1, -0.05) is 13.0 Å². The molecule has 3 N–H and O–H groups in total. The summed E-state index contributed by atoms with van der Waals surface area (Å²) in [5.41, 5.74) is 2.48. The third-order valence-electron chi connectivity index (χ3n) is 5.55. The van der Waals surface area contributed by atoms with Crippen LogP contribution in [0.4, 0.5) is 5.69 Å². The molecule has 5 rings (SSSR count). The number of rotatable bonds is 7. The third kappa shape index (κ3) is 5.32. The quantitative estimate of drug-likeness (QED) is 0.333. The normalized spacial score (nSPS) is 12.9.